The summed E-state index contributed by atoms with van der Waals surface area (Å²) in [7, 11) is 0. The van der Waals surface area contributed by atoms with Crippen LogP contribution in [0.5, 0.6) is 0 Å². The second kappa shape index (κ2) is 15.9. The van der Waals surface area contributed by atoms with Crippen LogP contribution in [0.25, 0.3) is 0 Å². The summed E-state index contributed by atoms with van der Waals surface area (Å²) in [5, 5.41) is 5.66. The van der Waals surface area contributed by atoms with Crippen LogP contribution in [0.15, 0.2) is 12.7 Å². The van der Waals surface area contributed by atoms with E-state index in [9.17, 15) is 9.59 Å². The van der Waals surface area contributed by atoms with Gasteiger partial charge in [0.1, 0.15) is 6.04 Å². The molecule has 23 heavy (non-hydrogen) atoms. The van der Waals surface area contributed by atoms with E-state index in [1.54, 1.807) is 0 Å². The molecule has 0 aromatic heterocycles. The molecule has 1 atom stereocenters. The molecule has 0 rings (SSSR count). The number of thiol groups is 1. The quantitative estimate of drug-likeness (QED) is 0.242. The van der Waals surface area contributed by atoms with Gasteiger partial charge in [0.2, 0.25) is 11.8 Å². The van der Waals surface area contributed by atoms with Gasteiger partial charge in [0, 0.05) is 13.0 Å². The van der Waals surface area contributed by atoms with E-state index in [2.05, 4.69) is 29.8 Å². The molecule has 134 valence electrons. The molecule has 0 aliphatic rings. The SMILES string of the molecule is C=CCCCCCCCCC(=O)NC(CCS)C(=O)NCCC. The molecule has 0 heterocycles. The number of amides is 2. The first-order valence-corrected chi connectivity index (χ1v) is 9.57. The average Bonchev–Trinajstić information content (AvgIpc) is 2.54. The summed E-state index contributed by atoms with van der Waals surface area (Å²) in [6, 6.07) is -0.453. The van der Waals surface area contributed by atoms with Gasteiger partial charge >= 0.3 is 0 Å². The molecule has 0 aliphatic heterocycles. The van der Waals surface area contributed by atoms with E-state index in [0.717, 1.165) is 25.7 Å². The third-order valence-electron chi connectivity index (χ3n) is 3.68. The predicted molar refractivity (Wildman–Crippen MR) is 101 cm³/mol. The van der Waals surface area contributed by atoms with Crippen molar-refractivity contribution in [3.63, 3.8) is 0 Å². The van der Waals surface area contributed by atoms with Gasteiger partial charge in [-0.25, -0.2) is 0 Å². The van der Waals surface area contributed by atoms with Crippen molar-refractivity contribution in [2.45, 2.75) is 77.2 Å². The maximum atomic E-state index is 12.0. The van der Waals surface area contributed by atoms with Gasteiger partial charge < -0.3 is 10.6 Å². The lowest BCUT2D eigenvalue weighted by Crippen LogP contribution is -2.47. The molecule has 0 aromatic carbocycles. The van der Waals surface area contributed by atoms with Gasteiger partial charge in [-0.1, -0.05) is 38.7 Å². The fourth-order valence-electron chi connectivity index (χ4n) is 2.32. The van der Waals surface area contributed by atoms with E-state index in [4.69, 9.17) is 0 Å². The molecule has 4 nitrogen and oxygen atoms in total. The molecule has 0 fully saturated rings. The third-order valence-corrected chi connectivity index (χ3v) is 3.94. The Balaban J connectivity index is 3.82. The maximum Gasteiger partial charge on any atom is 0.242 e. The zero-order chi connectivity index (χ0) is 17.3. The van der Waals surface area contributed by atoms with Gasteiger partial charge in [-0.2, -0.15) is 12.6 Å². The van der Waals surface area contributed by atoms with E-state index >= 15 is 0 Å². The second-order valence-corrected chi connectivity index (χ2v) is 6.32. The molecular formula is C18H34N2O2S. The summed E-state index contributed by atoms with van der Waals surface area (Å²) in [6.45, 7) is 6.36. The number of nitrogens with one attached hydrogen (secondary N) is 2. The van der Waals surface area contributed by atoms with E-state index in [0.29, 0.717) is 25.1 Å². The van der Waals surface area contributed by atoms with Crippen LogP contribution in [0.3, 0.4) is 0 Å². The van der Waals surface area contributed by atoms with Crippen LogP contribution >= 0.6 is 12.6 Å². The fourth-order valence-corrected chi connectivity index (χ4v) is 2.58. The second-order valence-electron chi connectivity index (χ2n) is 5.87. The molecule has 5 heteroatoms. The molecule has 1 unspecified atom stereocenters. The Hall–Kier alpha value is -0.970. The van der Waals surface area contributed by atoms with E-state index in [1.165, 1.54) is 25.7 Å². The summed E-state index contributed by atoms with van der Waals surface area (Å²) < 4.78 is 0. The van der Waals surface area contributed by atoms with Crippen molar-refractivity contribution in [3.05, 3.63) is 12.7 Å². The highest BCUT2D eigenvalue weighted by molar-refractivity contribution is 7.80. The Morgan fingerprint density at radius 3 is 2.39 bits per heavy atom. The Labute approximate surface area is 147 Å². The van der Waals surface area contributed by atoms with Gasteiger partial charge in [-0.3, -0.25) is 9.59 Å². The fraction of sp³-hybridized carbons (Fsp3) is 0.778. The van der Waals surface area contributed by atoms with Gasteiger partial charge in [-0.15, -0.1) is 6.58 Å². The Bertz CT molecular complexity index is 335. The smallest absolute Gasteiger partial charge is 0.242 e. The first kappa shape index (κ1) is 22.0. The minimum atomic E-state index is -0.453. The van der Waals surface area contributed by atoms with Crippen molar-refractivity contribution in [2.75, 3.05) is 12.3 Å². The van der Waals surface area contributed by atoms with Crippen LogP contribution in [0.2, 0.25) is 0 Å². The number of hydrogen-bond donors (Lipinski definition) is 3. The summed E-state index contributed by atoms with van der Waals surface area (Å²) >= 11 is 4.16. The Morgan fingerprint density at radius 2 is 1.78 bits per heavy atom. The zero-order valence-electron chi connectivity index (χ0n) is 14.6. The average molecular weight is 343 g/mol. The Morgan fingerprint density at radius 1 is 1.13 bits per heavy atom. The largest absolute Gasteiger partial charge is 0.354 e. The van der Waals surface area contributed by atoms with Crippen molar-refractivity contribution in [1.82, 2.24) is 10.6 Å². The highest BCUT2D eigenvalue weighted by Gasteiger charge is 2.19. The van der Waals surface area contributed by atoms with E-state index < -0.39 is 6.04 Å². The van der Waals surface area contributed by atoms with Gasteiger partial charge in [0.15, 0.2) is 0 Å². The van der Waals surface area contributed by atoms with Gasteiger partial charge in [-0.05, 0) is 37.9 Å². The number of unbranched alkanes of at least 4 members (excludes halogenated alkanes) is 6. The molecule has 2 amide bonds. The molecule has 0 saturated carbocycles. The Kier molecular flexibility index (Phi) is 15.2. The molecule has 0 radical (unpaired) electrons. The minimum Gasteiger partial charge on any atom is -0.354 e. The highest BCUT2D eigenvalue weighted by atomic mass is 32.1. The normalized spacial score (nSPS) is 11.7. The standard InChI is InChI=1S/C18H34N2O2S/c1-3-5-6-7-8-9-10-11-12-17(21)20-16(13-15-23)18(22)19-14-4-2/h3,16,23H,1,4-15H2,2H3,(H,19,22)(H,20,21). The zero-order valence-corrected chi connectivity index (χ0v) is 15.5. The summed E-state index contributed by atoms with van der Waals surface area (Å²) in [4.78, 5) is 23.9. The van der Waals surface area contributed by atoms with Crippen LogP contribution in [-0.4, -0.2) is 30.2 Å². The van der Waals surface area contributed by atoms with E-state index in [1.807, 2.05) is 13.0 Å². The van der Waals surface area contributed by atoms with Crippen LogP contribution in [0, 0.1) is 0 Å². The van der Waals surface area contributed by atoms with Crippen molar-refractivity contribution in [3.8, 4) is 0 Å². The first-order chi connectivity index (χ1) is 11.2. The molecule has 2 N–H and O–H groups in total. The van der Waals surface area contributed by atoms with Crippen molar-refractivity contribution in [1.29, 1.82) is 0 Å². The monoisotopic (exact) mass is 342 g/mol. The van der Waals surface area contributed by atoms with E-state index in [-0.39, 0.29) is 11.8 Å². The van der Waals surface area contributed by atoms with Crippen molar-refractivity contribution < 1.29 is 9.59 Å². The molecule has 0 aromatic rings. The topological polar surface area (TPSA) is 58.2 Å². The third kappa shape index (κ3) is 13.2. The highest BCUT2D eigenvalue weighted by Crippen LogP contribution is 2.09. The molecule has 0 bridgehead atoms. The number of allylic oxidation sites excluding steroid dienone is 1. The number of carbonyl (C=O) groups is 2. The number of carbonyl (C=O) groups excluding carboxylic acids is 2. The first-order valence-electron chi connectivity index (χ1n) is 8.94. The molecule has 0 spiro atoms. The molecular weight excluding hydrogens is 308 g/mol. The minimum absolute atomic E-state index is 0.0323. The van der Waals surface area contributed by atoms with Gasteiger partial charge in [0.25, 0.3) is 0 Å². The summed E-state index contributed by atoms with van der Waals surface area (Å²) in [5.74, 6) is 0.446. The molecule has 0 saturated heterocycles. The molecule has 0 aliphatic carbocycles. The van der Waals surface area contributed by atoms with Crippen LogP contribution in [-0.2, 0) is 9.59 Å². The predicted octanol–water partition coefficient (Wildman–Crippen LogP) is 3.62. The lowest BCUT2D eigenvalue weighted by Gasteiger charge is -2.17. The summed E-state index contributed by atoms with van der Waals surface area (Å²) in [6.07, 6.45) is 11.8. The van der Waals surface area contributed by atoms with Gasteiger partial charge in [0.05, 0.1) is 0 Å². The van der Waals surface area contributed by atoms with Crippen molar-refractivity contribution in [2.24, 2.45) is 0 Å². The lowest BCUT2D eigenvalue weighted by atomic mass is 10.1. The lowest BCUT2D eigenvalue weighted by molar-refractivity contribution is -0.129. The maximum absolute atomic E-state index is 12.0. The van der Waals surface area contributed by atoms with Crippen LogP contribution in [0.4, 0.5) is 0 Å². The van der Waals surface area contributed by atoms with Crippen molar-refractivity contribution >= 4 is 24.4 Å². The number of rotatable bonds is 15. The number of hydrogen-bond acceptors (Lipinski definition) is 3. The van der Waals surface area contributed by atoms with Crippen LogP contribution in [0.1, 0.15) is 71.1 Å². The van der Waals surface area contributed by atoms with Crippen LogP contribution < -0.4 is 10.6 Å². The summed E-state index contributed by atoms with van der Waals surface area (Å²) in [5.41, 5.74) is 0.